The molecular formula is C15H9BrF2N2O. The predicted octanol–water partition coefficient (Wildman–Crippen LogP) is 4.16. The predicted molar refractivity (Wildman–Crippen MR) is 77.9 cm³/mol. The third-order valence-electron chi connectivity index (χ3n) is 2.84. The van der Waals surface area contributed by atoms with Gasteiger partial charge in [-0.2, -0.15) is 5.26 Å². The average molecular weight is 351 g/mol. The van der Waals surface area contributed by atoms with Crippen molar-refractivity contribution < 1.29 is 13.6 Å². The lowest BCUT2D eigenvalue weighted by Crippen LogP contribution is -2.15. The molecule has 2 rings (SSSR count). The first-order valence-corrected chi connectivity index (χ1v) is 6.68. The highest BCUT2D eigenvalue weighted by molar-refractivity contribution is 9.10. The molecule has 0 aliphatic carbocycles. The molecule has 6 heteroatoms. The lowest BCUT2D eigenvalue weighted by atomic mass is 10.1. The number of amides is 1. The number of aryl methyl sites for hydroxylation is 1. The van der Waals surface area contributed by atoms with Gasteiger partial charge >= 0.3 is 0 Å². The Balaban J connectivity index is 2.35. The summed E-state index contributed by atoms with van der Waals surface area (Å²) in [6.45, 7) is 1.44. The highest BCUT2D eigenvalue weighted by Crippen LogP contribution is 2.22. The fourth-order valence-electron chi connectivity index (χ4n) is 1.74. The van der Waals surface area contributed by atoms with Gasteiger partial charge in [0.15, 0.2) is 0 Å². The van der Waals surface area contributed by atoms with Crippen LogP contribution in [0.1, 0.15) is 21.5 Å². The van der Waals surface area contributed by atoms with Crippen molar-refractivity contribution in [2.24, 2.45) is 0 Å². The van der Waals surface area contributed by atoms with Crippen LogP contribution in [0, 0.1) is 29.9 Å². The molecule has 2 aromatic rings. The maximum atomic E-state index is 13.7. The molecule has 1 N–H and O–H groups in total. The van der Waals surface area contributed by atoms with E-state index in [4.69, 9.17) is 5.26 Å². The van der Waals surface area contributed by atoms with E-state index in [1.807, 2.05) is 6.07 Å². The summed E-state index contributed by atoms with van der Waals surface area (Å²) >= 11 is 3.21. The Hall–Kier alpha value is -2.26. The zero-order chi connectivity index (χ0) is 15.6. The topological polar surface area (TPSA) is 52.9 Å². The fraction of sp³-hybridized carbons (Fsp3) is 0.0667. The first-order chi connectivity index (χ1) is 9.92. The van der Waals surface area contributed by atoms with Crippen LogP contribution in [0.2, 0.25) is 0 Å². The van der Waals surface area contributed by atoms with Crippen LogP contribution in [-0.4, -0.2) is 5.91 Å². The molecule has 0 spiro atoms. The molecule has 106 valence electrons. The van der Waals surface area contributed by atoms with Crippen LogP contribution in [-0.2, 0) is 0 Å². The van der Waals surface area contributed by atoms with Crippen LogP contribution in [0.4, 0.5) is 14.5 Å². The fourth-order valence-corrected chi connectivity index (χ4v) is 2.10. The number of rotatable bonds is 2. The summed E-state index contributed by atoms with van der Waals surface area (Å²) in [5.41, 5.74) is 0.377. The quantitative estimate of drug-likeness (QED) is 0.883. The summed E-state index contributed by atoms with van der Waals surface area (Å²) < 4.78 is 27.5. The highest BCUT2D eigenvalue weighted by atomic mass is 79.9. The van der Waals surface area contributed by atoms with Crippen molar-refractivity contribution in [3.63, 3.8) is 0 Å². The molecule has 21 heavy (non-hydrogen) atoms. The molecular weight excluding hydrogens is 342 g/mol. The van der Waals surface area contributed by atoms with Crippen molar-refractivity contribution in [3.05, 3.63) is 63.1 Å². The largest absolute Gasteiger partial charge is 0.321 e. The Morgan fingerprint density at radius 2 is 1.95 bits per heavy atom. The molecule has 3 nitrogen and oxygen atoms in total. The monoisotopic (exact) mass is 350 g/mol. The van der Waals surface area contributed by atoms with Crippen molar-refractivity contribution in [3.8, 4) is 6.07 Å². The van der Waals surface area contributed by atoms with E-state index in [2.05, 4.69) is 21.2 Å². The summed E-state index contributed by atoms with van der Waals surface area (Å²) in [4.78, 5) is 12.1. The number of carbonyl (C=O) groups is 1. The maximum Gasteiger partial charge on any atom is 0.258 e. The number of nitrogens with one attached hydrogen (secondary N) is 1. The molecule has 0 heterocycles. The van der Waals surface area contributed by atoms with Crippen molar-refractivity contribution in [1.29, 1.82) is 5.26 Å². The summed E-state index contributed by atoms with van der Waals surface area (Å²) in [6, 6.07) is 8.42. The van der Waals surface area contributed by atoms with E-state index in [-0.39, 0.29) is 22.4 Å². The summed E-state index contributed by atoms with van der Waals surface area (Å²) in [5.74, 6) is -2.41. The zero-order valence-corrected chi connectivity index (χ0v) is 12.5. The first-order valence-electron chi connectivity index (χ1n) is 5.89. The van der Waals surface area contributed by atoms with Gasteiger partial charge in [-0.05, 0) is 36.8 Å². The van der Waals surface area contributed by atoms with Gasteiger partial charge in [-0.15, -0.1) is 0 Å². The van der Waals surface area contributed by atoms with Crippen molar-refractivity contribution in [2.75, 3.05) is 5.32 Å². The van der Waals surface area contributed by atoms with E-state index >= 15 is 0 Å². The van der Waals surface area contributed by atoms with Crippen molar-refractivity contribution >= 4 is 27.5 Å². The van der Waals surface area contributed by atoms with Crippen LogP contribution < -0.4 is 5.32 Å². The van der Waals surface area contributed by atoms with Gasteiger partial charge < -0.3 is 5.32 Å². The Labute approximate surface area is 128 Å². The minimum Gasteiger partial charge on any atom is -0.321 e. The Morgan fingerprint density at radius 1 is 1.24 bits per heavy atom. The number of nitriles is 1. The second kappa shape index (κ2) is 6.02. The van der Waals surface area contributed by atoms with Crippen LogP contribution in [0.25, 0.3) is 0 Å². The van der Waals surface area contributed by atoms with E-state index < -0.39 is 17.5 Å². The van der Waals surface area contributed by atoms with Gasteiger partial charge in [0.1, 0.15) is 17.7 Å². The first kappa shape index (κ1) is 15.1. The second-order valence-electron chi connectivity index (χ2n) is 4.34. The number of benzene rings is 2. The van der Waals surface area contributed by atoms with Crippen LogP contribution in [0.15, 0.2) is 34.8 Å². The summed E-state index contributed by atoms with van der Waals surface area (Å²) in [7, 11) is 0. The molecule has 2 aromatic carbocycles. The van der Waals surface area contributed by atoms with E-state index in [1.165, 1.54) is 19.1 Å². The van der Waals surface area contributed by atoms with Crippen LogP contribution in [0.5, 0.6) is 0 Å². The molecule has 0 atom stereocenters. The molecule has 0 fully saturated rings. The SMILES string of the molecule is Cc1cc(C(=O)Nc2ccc(Br)cc2C#N)c(F)cc1F. The van der Waals surface area contributed by atoms with Gasteiger partial charge in [-0.25, -0.2) is 8.78 Å². The smallest absolute Gasteiger partial charge is 0.258 e. The summed E-state index contributed by atoms with van der Waals surface area (Å²) in [6.07, 6.45) is 0. The maximum absolute atomic E-state index is 13.7. The Morgan fingerprint density at radius 3 is 2.62 bits per heavy atom. The number of hydrogen-bond acceptors (Lipinski definition) is 2. The highest BCUT2D eigenvalue weighted by Gasteiger charge is 2.16. The molecule has 0 bridgehead atoms. The summed E-state index contributed by atoms with van der Waals surface area (Å²) in [5, 5.41) is 11.5. The minimum atomic E-state index is -0.953. The normalized spacial score (nSPS) is 10.0. The van der Waals surface area contributed by atoms with E-state index in [9.17, 15) is 13.6 Å². The Bertz CT molecular complexity index is 769. The minimum absolute atomic E-state index is 0.165. The number of hydrogen-bond donors (Lipinski definition) is 1. The van der Waals surface area contributed by atoms with Gasteiger partial charge in [0.25, 0.3) is 5.91 Å². The zero-order valence-electron chi connectivity index (χ0n) is 10.9. The van der Waals surface area contributed by atoms with Gasteiger partial charge in [0.2, 0.25) is 0 Å². The van der Waals surface area contributed by atoms with Crippen LogP contribution >= 0.6 is 15.9 Å². The van der Waals surface area contributed by atoms with E-state index in [0.29, 0.717) is 10.5 Å². The molecule has 0 aromatic heterocycles. The standard InChI is InChI=1S/C15H9BrF2N2O/c1-8-4-11(13(18)6-12(8)17)15(21)20-14-3-2-10(16)5-9(14)7-19/h2-6H,1H3,(H,20,21). The Kier molecular flexibility index (Phi) is 4.34. The molecule has 0 radical (unpaired) electrons. The number of carbonyl (C=O) groups excluding carboxylic acids is 1. The molecule has 0 saturated heterocycles. The van der Waals surface area contributed by atoms with Crippen molar-refractivity contribution in [2.45, 2.75) is 6.92 Å². The van der Waals surface area contributed by atoms with Gasteiger partial charge in [0.05, 0.1) is 16.8 Å². The van der Waals surface area contributed by atoms with E-state index in [1.54, 1.807) is 6.07 Å². The van der Waals surface area contributed by atoms with Crippen LogP contribution in [0.3, 0.4) is 0 Å². The molecule has 0 unspecified atom stereocenters. The average Bonchev–Trinajstić information content (AvgIpc) is 2.44. The molecule has 0 saturated carbocycles. The number of halogens is 3. The van der Waals surface area contributed by atoms with E-state index in [0.717, 1.165) is 6.07 Å². The molecule has 0 aliphatic rings. The molecule has 1 amide bonds. The van der Waals surface area contributed by atoms with Gasteiger partial charge in [-0.1, -0.05) is 15.9 Å². The van der Waals surface area contributed by atoms with Gasteiger partial charge in [-0.3, -0.25) is 4.79 Å². The second-order valence-corrected chi connectivity index (χ2v) is 5.25. The number of anilines is 1. The number of nitrogens with zero attached hydrogens (tertiary/aromatic N) is 1. The lowest BCUT2D eigenvalue weighted by molar-refractivity contribution is 0.102. The van der Waals surface area contributed by atoms with Crippen molar-refractivity contribution in [1.82, 2.24) is 0 Å². The third kappa shape index (κ3) is 3.26. The molecule has 0 aliphatic heterocycles. The third-order valence-corrected chi connectivity index (χ3v) is 3.34. The van der Waals surface area contributed by atoms with Gasteiger partial charge in [0, 0.05) is 10.5 Å². The lowest BCUT2D eigenvalue weighted by Gasteiger charge is -2.09.